The quantitative estimate of drug-likeness (QED) is 0.382. The topological polar surface area (TPSA) is 60.4 Å². The average Bonchev–Trinajstić information content (AvgIpc) is 3.02. The summed E-state index contributed by atoms with van der Waals surface area (Å²) in [6.07, 6.45) is 1.66. The van der Waals surface area contributed by atoms with Crippen molar-refractivity contribution >= 4 is 35.8 Å². The molecule has 0 aromatic carbocycles. The minimum absolute atomic E-state index is 0. The number of hydrogen-bond donors (Lipinski definition) is 1. The van der Waals surface area contributed by atoms with E-state index in [0.717, 1.165) is 51.8 Å². The van der Waals surface area contributed by atoms with Crippen LogP contribution in [0.25, 0.3) is 0 Å². The summed E-state index contributed by atoms with van der Waals surface area (Å²) >= 11 is 0. The molecule has 0 aliphatic carbocycles. The summed E-state index contributed by atoms with van der Waals surface area (Å²) in [5.74, 6) is 1.04. The predicted molar refractivity (Wildman–Crippen MR) is 102 cm³/mol. The molecule has 0 aromatic heterocycles. The second-order valence-corrected chi connectivity index (χ2v) is 6.05. The van der Waals surface area contributed by atoms with Gasteiger partial charge in [0.2, 0.25) is 5.91 Å². The number of guanidine groups is 1. The van der Waals surface area contributed by atoms with E-state index < -0.39 is 0 Å². The van der Waals surface area contributed by atoms with Gasteiger partial charge in [-0.05, 0) is 6.42 Å². The Labute approximate surface area is 156 Å². The number of ether oxygens (including phenoxy) is 1. The van der Waals surface area contributed by atoms with E-state index in [2.05, 4.69) is 20.1 Å². The number of likely N-dealkylation sites (tertiary alicyclic amines) is 1. The fourth-order valence-electron chi connectivity index (χ4n) is 3.01. The summed E-state index contributed by atoms with van der Waals surface area (Å²) in [5.41, 5.74) is 0. The average molecular weight is 439 g/mol. The molecule has 0 bridgehead atoms. The number of nitrogens with one attached hydrogen (secondary N) is 1. The Hall–Kier alpha value is -0.610. The van der Waals surface area contributed by atoms with Gasteiger partial charge in [0, 0.05) is 66.3 Å². The zero-order valence-electron chi connectivity index (χ0n) is 14.5. The van der Waals surface area contributed by atoms with E-state index in [9.17, 15) is 4.79 Å². The van der Waals surface area contributed by atoms with E-state index >= 15 is 0 Å². The lowest BCUT2D eigenvalue weighted by Gasteiger charge is -2.32. The molecule has 1 amide bonds. The SMILES string of the molecule is CN=C(NCCC(=O)N(C)C)N1CCC(N2CCOCC2)C1.I. The molecule has 0 spiro atoms. The zero-order chi connectivity index (χ0) is 15.9. The van der Waals surface area contributed by atoms with E-state index in [1.165, 1.54) is 0 Å². The van der Waals surface area contributed by atoms with Crippen LogP contribution in [0.1, 0.15) is 12.8 Å². The van der Waals surface area contributed by atoms with Crippen LogP contribution in [0.5, 0.6) is 0 Å². The summed E-state index contributed by atoms with van der Waals surface area (Å²) in [6, 6.07) is 0.589. The summed E-state index contributed by atoms with van der Waals surface area (Å²) < 4.78 is 5.42. The number of amides is 1. The Morgan fingerprint density at radius 3 is 2.61 bits per heavy atom. The standard InChI is InChI=1S/C15H29N5O2.HI/c1-16-15(17-6-4-14(21)18(2)3)20-7-5-13(12-20)19-8-10-22-11-9-19;/h13H,4-12H2,1-3H3,(H,16,17);1H. The Bertz CT molecular complexity index is 399. The lowest BCUT2D eigenvalue weighted by Crippen LogP contribution is -2.47. The maximum atomic E-state index is 11.6. The van der Waals surface area contributed by atoms with Crippen molar-refractivity contribution in [2.75, 3.05) is 67.1 Å². The first-order valence-corrected chi connectivity index (χ1v) is 8.09. The van der Waals surface area contributed by atoms with Crippen molar-refractivity contribution in [3.05, 3.63) is 0 Å². The number of morpholine rings is 1. The van der Waals surface area contributed by atoms with Crippen molar-refractivity contribution in [2.24, 2.45) is 4.99 Å². The molecule has 0 saturated carbocycles. The van der Waals surface area contributed by atoms with E-state index in [0.29, 0.717) is 19.0 Å². The Kier molecular flexibility index (Phi) is 9.15. The molecule has 2 rings (SSSR count). The molecule has 1 atom stereocenters. The van der Waals surface area contributed by atoms with E-state index in [-0.39, 0.29) is 29.9 Å². The van der Waals surface area contributed by atoms with Crippen LogP contribution < -0.4 is 5.32 Å². The molecule has 8 heteroatoms. The van der Waals surface area contributed by atoms with Crippen LogP contribution >= 0.6 is 24.0 Å². The lowest BCUT2D eigenvalue weighted by molar-refractivity contribution is -0.128. The smallest absolute Gasteiger partial charge is 0.223 e. The molecule has 2 fully saturated rings. The minimum Gasteiger partial charge on any atom is -0.379 e. The maximum absolute atomic E-state index is 11.6. The number of halogens is 1. The first-order chi connectivity index (χ1) is 10.6. The highest BCUT2D eigenvalue weighted by molar-refractivity contribution is 14.0. The fourth-order valence-corrected chi connectivity index (χ4v) is 3.01. The molecule has 0 radical (unpaired) electrons. The number of carbonyl (C=O) groups excluding carboxylic acids is 1. The number of aliphatic imine (C=N–C) groups is 1. The van der Waals surface area contributed by atoms with Crippen LogP contribution in [0, 0.1) is 0 Å². The molecule has 2 aliphatic rings. The number of rotatable bonds is 4. The molecule has 1 unspecified atom stereocenters. The van der Waals surface area contributed by atoms with Gasteiger partial charge in [-0.3, -0.25) is 14.7 Å². The van der Waals surface area contributed by atoms with Gasteiger partial charge in [-0.1, -0.05) is 0 Å². The van der Waals surface area contributed by atoms with E-state index in [1.807, 2.05) is 0 Å². The highest BCUT2D eigenvalue weighted by Crippen LogP contribution is 2.16. The zero-order valence-corrected chi connectivity index (χ0v) is 16.8. The Morgan fingerprint density at radius 2 is 2.00 bits per heavy atom. The van der Waals surface area contributed by atoms with Gasteiger partial charge in [-0.15, -0.1) is 24.0 Å². The summed E-state index contributed by atoms with van der Waals surface area (Å²) in [6.45, 7) is 6.39. The molecule has 134 valence electrons. The third-order valence-electron chi connectivity index (χ3n) is 4.36. The van der Waals surface area contributed by atoms with Crippen LogP contribution in [0.3, 0.4) is 0 Å². The maximum Gasteiger partial charge on any atom is 0.223 e. The molecule has 2 aliphatic heterocycles. The van der Waals surface area contributed by atoms with Crippen LogP contribution in [-0.4, -0.2) is 99.7 Å². The molecule has 2 saturated heterocycles. The number of hydrogen-bond acceptors (Lipinski definition) is 4. The van der Waals surface area contributed by atoms with Gasteiger partial charge in [0.05, 0.1) is 13.2 Å². The van der Waals surface area contributed by atoms with Crippen molar-refractivity contribution in [3.8, 4) is 0 Å². The first-order valence-electron chi connectivity index (χ1n) is 8.09. The molecule has 0 aromatic rings. The van der Waals surface area contributed by atoms with E-state index in [4.69, 9.17) is 4.74 Å². The van der Waals surface area contributed by atoms with Crippen molar-refractivity contribution in [2.45, 2.75) is 18.9 Å². The third-order valence-corrected chi connectivity index (χ3v) is 4.36. The summed E-state index contributed by atoms with van der Waals surface area (Å²) in [4.78, 5) is 22.4. The first kappa shape index (κ1) is 20.4. The molecule has 2 heterocycles. The molecule has 23 heavy (non-hydrogen) atoms. The Balaban J connectivity index is 0.00000264. The van der Waals surface area contributed by atoms with Crippen LogP contribution in [0.2, 0.25) is 0 Å². The van der Waals surface area contributed by atoms with Crippen molar-refractivity contribution in [1.29, 1.82) is 0 Å². The van der Waals surface area contributed by atoms with Crippen molar-refractivity contribution in [3.63, 3.8) is 0 Å². The predicted octanol–water partition coefficient (Wildman–Crippen LogP) is 0.0646. The second kappa shape index (κ2) is 10.3. The highest BCUT2D eigenvalue weighted by atomic mass is 127. The summed E-state index contributed by atoms with van der Waals surface area (Å²) in [5, 5.41) is 3.31. The van der Waals surface area contributed by atoms with Gasteiger partial charge in [-0.25, -0.2) is 0 Å². The third kappa shape index (κ3) is 6.07. The van der Waals surface area contributed by atoms with Crippen LogP contribution in [0.4, 0.5) is 0 Å². The highest BCUT2D eigenvalue weighted by Gasteiger charge is 2.30. The fraction of sp³-hybridized carbons (Fsp3) is 0.867. The van der Waals surface area contributed by atoms with Crippen molar-refractivity contribution < 1.29 is 9.53 Å². The molecule has 1 N–H and O–H groups in total. The molecular weight excluding hydrogens is 409 g/mol. The number of nitrogens with zero attached hydrogens (tertiary/aromatic N) is 4. The van der Waals surface area contributed by atoms with Gasteiger partial charge in [0.1, 0.15) is 0 Å². The van der Waals surface area contributed by atoms with E-state index in [1.54, 1.807) is 26.0 Å². The molecular formula is C15H30IN5O2. The normalized spacial score (nSPS) is 22.7. The van der Waals surface area contributed by atoms with Crippen LogP contribution in [-0.2, 0) is 9.53 Å². The van der Waals surface area contributed by atoms with Crippen LogP contribution in [0.15, 0.2) is 4.99 Å². The van der Waals surface area contributed by atoms with Gasteiger partial charge in [-0.2, -0.15) is 0 Å². The van der Waals surface area contributed by atoms with Gasteiger partial charge >= 0.3 is 0 Å². The van der Waals surface area contributed by atoms with Crippen molar-refractivity contribution in [1.82, 2.24) is 20.0 Å². The summed E-state index contributed by atoms with van der Waals surface area (Å²) in [7, 11) is 5.37. The monoisotopic (exact) mass is 439 g/mol. The second-order valence-electron chi connectivity index (χ2n) is 6.05. The largest absolute Gasteiger partial charge is 0.379 e. The molecule has 7 nitrogen and oxygen atoms in total. The minimum atomic E-state index is 0. The lowest BCUT2D eigenvalue weighted by atomic mass is 10.2. The van der Waals surface area contributed by atoms with Gasteiger partial charge in [0.15, 0.2) is 5.96 Å². The van der Waals surface area contributed by atoms with Gasteiger partial charge < -0.3 is 19.9 Å². The Morgan fingerprint density at radius 1 is 1.30 bits per heavy atom. The number of carbonyl (C=O) groups is 1. The van der Waals surface area contributed by atoms with Gasteiger partial charge in [0.25, 0.3) is 0 Å².